The fraction of sp³-hybridized carbons (Fsp3) is 0.480. The smallest absolute Gasteiger partial charge is 0.341 e. The molecule has 35 heavy (non-hydrogen) atoms. The Morgan fingerprint density at radius 3 is 2.46 bits per heavy atom. The molecule has 0 radical (unpaired) electrons. The summed E-state index contributed by atoms with van der Waals surface area (Å²) in [4.78, 5) is 44.6. The largest absolute Gasteiger partial charge is 0.416 e. The minimum Gasteiger partial charge on any atom is -0.341 e. The van der Waals surface area contributed by atoms with Crippen LogP contribution in [0.25, 0.3) is 0 Å². The van der Waals surface area contributed by atoms with Crippen molar-refractivity contribution < 1.29 is 27.6 Å². The fourth-order valence-electron chi connectivity index (χ4n) is 5.20. The number of hydrogen-bond donors (Lipinski definition) is 1. The zero-order valence-corrected chi connectivity index (χ0v) is 19.8. The maximum absolute atomic E-state index is 13.8. The summed E-state index contributed by atoms with van der Waals surface area (Å²) in [6, 6.07) is 2.22. The van der Waals surface area contributed by atoms with Crippen molar-refractivity contribution in [3.63, 3.8) is 0 Å². The summed E-state index contributed by atoms with van der Waals surface area (Å²) in [5, 5.41) is 2.59. The number of likely N-dealkylation sites (tertiary alicyclic amines) is 1. The molecule has 0 bridgehead atoms. The first kappa shape index (κ1) is 24.8. The molecule has 2 atom stereocenters. The van der Waals surface area contributed by atoms with Crippen LogP contribution < -0.4 is 5.32 Å². The lowest BCUT2D eigenvalue weighted by Gasteiger charge is -2.34. The molecule has 1 saturated heterocycles. The number of carbonyl (C=O) groups excluding carboxylic acids is 3. The molecule has 1 aromatic rings. The van der Waals surface area contributed by atoms with E-state index in [2.05, 4.69) is 11.9 Å². The minimum atomic E-state index is -4.67. The van der Waals surface area contributed by atoms with E-state index in [-0.39, 0.29) is 36.1 Å². The molecule has 4 amide bonds. The first-order valence-electron chi connectivity index (χ1n) is 11.7. The van der Waals surface area contributed by atoms with Gasteiger partial charge in [0, 0.05) is 19.6 Å². The van der Waals surface area contributed by atoms with Gasteiger partial charge < -0.3 is 15.1 Å². The zero-order chi connectivity index (χ0) is 25.5. The first-order valence-corrected chi connectivity index (χ1v) is 11.7. The molecule has 10 heteroatoms. The Morgan fingerprint density at radius 2 is 1.86 bits per heavy atom. The highest BCUT2D eigenvalue weighted by Gasteiger charge is 2.49. The number of hydrogen-bond acceptors (Lipinski definition) is 3. The summed E-state index contributed by atoms with van der Waals surface area (Å²) in [6.07, 6.45) is -1.41. The standard InChI is InChI=1S/C25H29F3N4O3/c1-4-11-31-18-14-32(21(15(2)3)23(34)30-12-7-8-13-30)22(33)19(18)20(29-24(31)35)16-9-5-6-10-17(16)25(26,27)28/h4-6,9-10,15,20-21H,1,7-8,11-14H2,2-3H3,(H,29,35). The fourth-order valence-corrected chi connectivity index (χ4v) is 5.20. The van der Waals surface area contributed by atoms with E-state index in [1.165, 1.54) is 34.1 Å². The van der Waals surface area contributed by atoms with Gasteiger partial charge in [0.2, 0.25) is 5.91 Å². The number of carbonyl (C=O) groups is 3. The van der Waals surface area contributed by atoms with E-state index >= 15 is 0 Å². The molecule has 0 aromatic heterocycles. The zero-order valence-electron chi connectivity index (χ0n) is 19.8. The Morgan fingerprint density at radius 1 is 1.20 bits per heavy atom. The minimum absolute atomic E-state index is 0.0391. The maximum Gasteiger partial charge on any atom is 0.416 e. The quantitative estimate of drug-likeness (QED) is 0.618. The molecule has 1 aromatic carbocycles. The summed E-state index contributed by atoms with van der Waals surface area (Å²) in [7, 11) is 0. The van der Waals surface area contributed by atoms with Gasteiger partial charge in [-0.1, -0.05) is 38.1 Å². The average Bonchev–Trinajstić information content (AvgIpc) is 3.44. The van der Waals surface area contributed by atoms with Crippen LogP contribution in [0, 0.1) is 5.92 Å². The summed E-state index contributed by atoms with van der Waals surface area (Å²) in [6.45, 7) is 8.59. The second-order valence-corrected chi connectivity index (χ2v) is 9.38. The van der Waals surface area contributed by atoms with Crippen LogP contribution in [0.1, 0.15) is 43.9 Å². The third kappa shape index (κ3) is 4.41. The first-order chi connectivity index (χ1) is 16.6. The summed E-state index contributed by atoms with van der Waals surface area (Å²) in [5.41, 5.74) is -0.765. The van der Waals surface area contributed by atoms with Crippen LogP contribution >= 0.6 is 0 Å². The number of urea groups is 1. The van der Waals surface area contributed by atoms with Crippen molar-refractivity contribution in [2.24, 2.45) is 5.92 Å². The van der Waals surface area contributed by atoms with Gasteiger partial charge in [-0.25, -0.2) is 4.79 Å². The molecule has 0 aliphatic carbocycles. The van der Waals surface area contributed by atoms with E-state index in [4.69, 9.17) is 0 Å². The number of halogens is 3. The van der Waals surface area contributed by atoms with Crippen molar-refractivity contribution in [3.05, 3.63) is 59.3 Å². The lowest BCUT2D eigenvalue weighted by molar-refractivity contribution is -0.144. The molecule has 1 fully saturated rings. The SMILES string of the molecule is C=CCN1C(=O)NC(c2ccccc2C(F)(F)F)C2=C1CN(C(C(=O)N1CCCC1)C(C)C)C2=O. The molecule has 3 aliphatic rings. The van der Waals surface area contributed by atoms with Crippen molar-refractivity contribution >= 4 is 17.8 Å². The molecule has 2 unspecified atom stereocenters. The number of amides is 4. The molecule has 3 heterocycles. The lowest BCUT2D eigenvalue weighted by atomic mass is 9.91. The van der Waals surface area contributed by atoms with Crippen LogP contribution in [0.15, 0.2) is 48.2 Å². The van der Waals surface area contributed by atoms with Crippen molar-refractivity contribution in [1.82, 2.24) is 20.0 Å². The van der Waals surface area contributed by atoms with Gasteiger partial charge >= 0.3 is 12.2 Å². The normalized spacial score (nSPS) is 21.5. The third-order valence-corrected chi connectivity index (χ3v) is 6.78. The van der Waals surface area contributed by atoms with E-state index in [0.717, 1.165) is 18.9 Å². The topological polar surface area (TPSA) is 73.0 Å². The number of nitrogens with zero attached hydrogens (tertiary/aromatic N) is 3. The highest BCUT2D eigenvalue weighted by Crippen LogP contribution is 2.42. The Labute approximate surface area is 202 Å². The Hall–Kier alpha value is -3.30. The van der Waals surface area contributed by atoms with Crippen LogP contribution in [-0.4, -0.2) is 64.8 Å². The number of nitrogens with one attached hydrogen (secondary N) is 1. The van der Waals surface area contributed by atoms with Crippen LogP contribution in [0.3, 0.4) is 0 Å². The highest BCUT2D eigenvalue weighted by atomic mass is 19.4. The van der Waals surface area contributed by atoms with Gasteiger partial charge in [0.05, 0.1) is 29.4 Å². The predicted octanol–water partition coefficient (Wildman–Crippen LogP) is 3.70. The monoisotopic (exact) mass is 490 g/mol. The molecule has 188 valence electrons. The summed E-state index contributed by atoms with van der Waals surface area (Å²) >= 11 is 0. The van der Waals surface area contributed by atoms with Crippen molar-refractivity contribution in [1.29, 1.82) is 0 Å². The molecule has 0 saturated carbocycles. The molecule has 7 nitrogen and oxygen atoms in total. The van der Waals surface area contributed by atoms with Crippen molar-refractivity contribution in [2.45, 2.75) is 44.9 Å². The molecule has 0 spiro atoms. The van der Waals surface area contributed by atoms with Gasteiger partial charge in [0.25, 0.3) is 5.91 Å². The van der Waals surface area contributed by atoms with E-state index in [0.29, 0.717) is 18.8 Å². The predicted molar refractivity (Wildman–Crippen MR) is 123 cm³/mol. The van der Waals surface area contributed by atoms with Gasteiger partial charge in [0.15, 0.2) is 0 Å². The Bertz CT molecular complexity index is 1080. The third-order valence-electron chi connectivity index (χ3n) is 6.78. The average molecular weight is 491 g/mol. The van der Waals surface area contributed by atoms with Gasteiger partial charge in [-0.3, -0.25) is 14.5 Å². The molecule has 1 N–H and O–H groups in total. The van der Waals surface area contributed by atoms with E-state index in [1.54, 1.807) is 4.90 Å². The van der Waals surface area contributed by atoms with Crippen LogP contribution in [-0.2, 0) is 15.8 Å². The van der Waals surface area contributed by atoms with E-state index in [9.17, 15) is 27.6 Å². The summed E-state index contributed by atoms with van der Waals surface area (Å²) < 4.78 is 41.5. The number of rotatable bonds is 6. The van der Waals surface area contributed by atoms with E-state index in [1.807, 2.05) is 13.8 Å². The maximum atomic E-state index is 13.8. The van der Waals surface area contributed by atoms with Crippen molar-refractivity contribution in [2.75, 3.05) is 26.2 Å². The van der Waals surface area contributed by atoms with Crippen LogP contribution in [0.5, 0.6) is 0 Å². The number of alkyl halides is 3. The Kier molecular flexibility index (Phi) is 6.66. The van der Waals surface area contributed by atoms with Gasteiger partial charge in [-0.15, -0.1) is 6.58 Å². The molecule has 4 rings (SSSR count). The Balaban J connectivity index is 1.79. The molecular weight excluding hydrogens is 461 g/mol. The molecule has 3 aliphatic heterocycles. The number of benzene rings is 1. The van der Waals surface area contributed by atoms with Gasteiger partial charge in [0.1, 0.15) is 6.04 Å². The second-order valence-electron chi connectivity index (χ2n) is 9.38. The van der Waals surface area contributed by atoms with Crippen LogP contribution in [0.2, 0.25) is 0 Å². The summed E-state index contributed by atoms with van der Waals surface area (Å²) in [5.74, 6) is -0.944. The lowest BCUT2D eigenvalue weighted by Crippen LogP contribution is -2.52. The van der Waals surface area contributed by atoms with Crippen molar-refractivity contribution in [3.8, 4) is 0 Å². The van der Waals surface area contributed by atoms with Crippen LogP contribution in [0.4, 0.5) is 18.0 Å². The second kappa shape index (κ2) is 9.39. The van der Waals surface area contributed by atoms with Gasteiger partial charge in [-0.2, -0.15) is 13.2 Å². The van der Waals surface area contributed by atoms with E-state index < -0.39 is 35.8 Å². The van der Waals surface area contributed by atoms with Gasteiger partial charge in [-0.05, 0) is 30.4 Å². The molecular formula is C25H29F3N4O3. The highest BCUT2D eigenvalue weighted by molar-refractivity contribution is 6.03.